The van der Waals surface area contributed by atoms with Crippen molar-refractivity contribution in [2.24, 2.45) is 23.2 Å². The molecule has 1 nitrogen and oxygen atoms in total. The van der Waals surface area contributed by atoms with E-state index in [1.165, 1.54) is 12.8 Å². The lowest BCUT2D eigenvalue weighted by Gasteiger charge is -2.56. The zero-order valence-corrected chi connectivity index (χ0v) is 9.38. The predicted octanol–water partition coefficient (Wildman–Crippen LogP) is 3.53. The molecule has 14 heavy (non-hydrogen) atoms. The van der Waals surface area contributed by atoms with Crippen molar-refractivity contribution in [3.8, 4) is 6.07 Å². The van der Waals surface area contributed by atoms with Crippen LogP contribution >= 0.6 is 0 Å². The predicted molar refractivity (Wildman–Crippen MR) is 57.5 cm³/mol. The van der Waals surface area contributed by atoms with Gasteiger partial charge in [0.2, 0.25) is 0 Å². The molecule has 0 saturated heterocycles. The minimum absolute atomic E-state index is 0.189. The average molecular weight is 189 g/mol. The Morgan fingerprint density at radius 3 is 2.86 bits per heavy atom. The van der Waals surface area contributed by atoms with Crippen LogP contribution in [0.5, 0.6) is 0 Å². The van der Waals surface area contributed by atoms with Crippen molar-refractivity contribution in [2.75, 3.05) is 0 Å². The molecule has 0 N–H and O–H groups in total. The third-order valence-electron chi connectivity index (χ3n) is 4.34. The van der Waals surface area contributed by atoms with E-state index < -0.39 is 0 Å². The molecule has 3 aliphatic rings. The fourth-order valence-corrected chi connectivity index (χ4v) is 3.11. The summed E-state index contributed by atoms with van der Waals surface area (Å²) in [6, 6.07) is 2.34. The Morgan fingerprint density at radius 1 is 1.64 bits per heavy atom. The highest BCUT2D eigenvalue weighted by Crippen LogP contribution is 2.60. The van der Waals surface area contributed by atoms with Gasteiger partial charge in [0.05, 0.1) is 6.07 Å². The lowest BCUT2D eigenvalue weighted by Crippen LogP contribution is -2.48. The van der Waals surface area contributed by atoms with E-state index in [9.17, 15) is 0 Å². The summed E-state index contributed by atoms with van der Waals surface area (Å²) in [4.78, 5) is 0. The number of allylic oxidation sites excluding steroid dienone is 2. The summed E-state index contributed by atoms with van der Waals surface area (Å²) in [6.07, 6.45) is 6.02. The standard InChI is InChI=1S/C13H19N/c1-9(8-14)6-10-4-5-11-7-12(10)13(11,2)3/h4,9,11-12H,5-7H2,1-3H3. The molecule has 2 bridgehead atoms. The molecule has 1 fully saturated rings. The maximum absolute atomic E-state index is 8.82. The molecule has 0 amide bonds. The molecule has 0 spiro atoms. The molecule has 0 aromatic carbocycles. The highest BCUT2D eigenvalue weighted by Gasteiger charge is 2.50. The van der Waals surface area contributed by atoms with Crippen LogP contribution in [0.25, 0.3) is 0 Å². The van der Waals surface area contributed by atoms with Crippen LogP contribution in [-0.4, -0.2) is 0 Å². The molecular weight excluding hydrogens is 170 g/mol. The van der Waals surface area contributed by atoms with Gasteiger partial charge in [-0.2, -0.15) is 5.26 Å². The minimum atomic E-state index is 0.189. The van der Waals surface area contributed by atoms with Gasteiger partial charge in [-0.1, -0.05) is 25.5 Å². The second-order valence-corrected chi connectivity index (χ2v) is 5.56. The summed E-state index contributed by atoms with van der Waals surface area (Å²) in [6.45, 7) is 6.80. The molecule has 1 heteroatoms. The molecule has 3 rings (SSSR count). The second kappa shape index (κ2) is 3.12. The third kappa shape index (κ3) is 1.29. The van der Waals surface area contributed by atoms with E-state index in [2.05, 4.69) is 26.0 Å². The average Bonchev–Trinajstić information content (AvgIpc) is 2.17. The van der Waals surface area contributed by atoms with Gasteiger partial charge < -0.3 is 0 Å². The smallest absolute Gasteiger partial charge is 0.0656 e. The van der Waals surface area contributed by atoms with Crippen LogP contribution in [0.3, 0.4) is 0 Å². The van der Waals surface area contributed by atoms with Gasteiger partial charge in [-0.05, 0) is 43.4 Å². The minimum Gasteiger partial charge on any atom is -0.198 e. The highest BCUT2D eigenvalue weighted by molar-refractivity contribution is 5.24. The molecule has 0 aliphatic heterocycles. The molecule has 3 unspecified atom stereocenters. The molecule has 0 aromatic rings. The molecular formula is C13H19N. The van der Waals surface area contributed by atoms with Crippen LogP contribution in [0, 0.1) is 34.5 Å². The molecule has 1 saturated carbocycles. The first-order valence-electron chi connectivity index (χ1n) is 5.64. The van der Waals surface area contributed by atoms with Gasteiger partial charge in [0.1, 0.15) is 0 Å². The Morgan fingerprint density at radius 2 is 2.36 bits per heavy atom. The fourth-order valence-electron chi connectivity index (χ4n) is 3.11. The van der Waals surface area contributed by atoms with Crippen LogP contribution < -0.4 is 0 Å². The number of rotatable bonds is 2. The monoisotopic (exact) mass is 189 g/mol. The molecule has 0 heterocycles. The van der Waals surface area contributed by atoms with Gasteiger partial charge in [-0.25, -0.2) is 0 Å². The van der Waals surface area contributed by atoms with Gasteiger partial charge in [0.15, 0.2) is 0 Å². The Labute approximate surface area is 86.8 Å². The van der Waals surface area contributed by atoms with Crippen molar-refractivity contribution in [1.82, 2.24) is 0 Å². The van der Waals surface area contributed by atoms with E-state index in [-0.39, 0.29) is 5.92 Å². The first-order valence-corrected chi connectivity index (χ1v) is 5.64. The largest absolute Gasteiger partial charge is 0.198 e. The van der Waals surface area contributed by atoms with Crippen molar-refractivity contribution < 1.29 is 0 Å². The Hall–Kier alpha value is -0.770. The van der Waals surface area contributed by atoms with E-state index in [1.54, 1.807) is 5.57 Å². The van der Waals surface area contributed by atoms with Crippen LogP contribution in [0.15, 0.2) is 11.6 Å². The maximum Gasteiger partial charge on any atom is 0.0656 e. The van der Waals surface area contributed by atoms with Crippen LogP contribution in [0.4, 0.5) is 0 Å². The second-order valence-electron chi connectivity index (χ2n) is 5.56. The van der Waals surface area contributed by atoms with Gasteiger partial charge in [0.25, 0.3) is 0 Å². The lowest BCUT2D eigenvalue weighted by molar-refractivity contribution is -0.00887. The van der Waals surface area contributed by atoms with E-state index in [4.69, 9.17) is 5.26 Å². The van der Waals surface area contributed by atoms with Crippen LogP contribution in [0.1, 0.15) is 40.0 Å². The number of hydrogen-bond acceptors (Lipinski definition) is 1. The van der Waals surface area contributed by atoms with E-state index in [0.717, 1.165) is 18.3 Å². The molecule has 3 atom stereocenters. The van der Waals surface area contributed by atoms with Crippen molar-refractivity contribution in [2.45, 2.75) is 40.0 Å². The quantitative estimate of drug-likeness (QED) is 0.610. The number of hydrogen-bond donors (Lipinski definition) is 0. The first-order chi connectivity index (χ1) is 6.55. The molecule has 76 valence electrons. The highest BCUT2D eigenvalue weighted by atomic mass is 14.5. The van der Waals surface area contributed by atoms with Crippen molar-refractivity contribution in [3.63, 3.8) is 0 Å². The Kier molecular flexibility index (Phi) is 2.18. The SMILES string of the molecule is CC(C#N)CC1=CCC2CC1C2(C)C. The van der Waals surface area contributed by atoms with Crippen LogP contribution in [0.2, 0.25) is 0 Å². The fraction of sp³-hybridized carbons (Fsp3) is 0.769. The van der Waals surface area contributed by atoms with Crippen molar-refractivity contribution >= 4 is 0 Å². The van der Waals surface area contributed by atoms with Gasteiger partial charge in [0, 0.05) is 5.92 Å². The van der Waals surface area contributed by atoms with Gasteiger partial charge in [-0.3, -0.25) is 0 Å². The Balaban J connectivity index is 2.08. The van der Waals surface area contributed by atoms with E-state index in [0.29, 0.717) is 5.41 Å². The maximum atomic E-state index is 8.82. The number of fused-ring (bicyclic) bond motifs is 1. The zero-order valence-electron chi connectivity index (χ0n) is 9.38. The summed E-state index contributed by atoms with van der Waals surface area (Å²) < 4.78 is 0. The third-order valence-corrected chi connectivity index (χ3v) is 4.34. The first kappa shape index (κ1) is 9.77. The molecule has 0 aromatic heterocycles. The van der Waals surface area contributed by atoms with Crippen molar-refractivity contribution in [3.05, 3.63) is 11.6 Å². The number of nitriles is 1. The Bertz CT molecular complexity index is 306. The summed E-state index contributed by atoms with van der Waals surface area (Å²) in [5, 5.41) is 8.82. The topological polar surface area (TPSA) is 23.8 Å². The van der Waals surface area contributed by atoms with E-state index >= 15 is 0 Å². The summed E-state index contributed by atoms with van der Waals surface area (Å²) in [7, 11) is 0. The number of nitrogens with zero attached hydrogens (tertiary/aromatic N) is 1. The molecule has 0 radical (unpaired) electrons. The lowest BCUT2D eigenvalue weighted by atomic mass is 9.48. The summed E-state index contributed by atoms with van der Waals surface area (Å²) >= 11 is 0. The van der Waals surface area contributed by atoms with Crippen LogP contribution in [-0.2, 0) is 0 Å². The normalized spacial score (nSPS) is 35.1. The summed E-state index contributed by atoms with van der Waals surface area (Å²) in [5.41, 5.74) is 2.07. The molecule has 3 aliphatic carbocycles. The van der Waals surface area contributed by atoms with Gasteiger partial charge >= 0.3 is 0 Å². The van der Waals surface area contributed by atoms with Crippen molar-refractivity contribution in [1.29, 1.82) is 5.26 Å². The van der Waals surface area contributed by atoms with E-state index in [1.807, 2.05) is 6.92 Å². The summed E-state index contributed by atoms with van der Waals surface area (Å²) in [5.74, 6) is 1.87. The zero-order chi connectivity index (χ0) is 10.3. The van der Waals surface area contributed by atoms with Gasteiger partial charge in [-0.15, -0.1) is 0 Å².